The Morgan fingerprint density at radius 3 is 2.56 bits per heavy atom. The number of nitrogens with zero attached hydrogens (tertiary/aromatic N) is 1. The van der Waals surface area contributed by atoms with Crippen molar-refractivity contribution in [1.29, 1.82) is 0 Å². The molecule has 1 heterocycles. The standard InChI is InChI=1S/C14H10ClNO2/c15-12-5-2-10(3-6-12)1-4-11-9-16-8-7-13(11)14(17)18/h1-9H,(H,17,18)/b4-1+. The first kappa shape index (κ1) is 12.3. The monoisotopic (exact) mass is 259 g/mol. The van der Waals surface area contributed by atoms with Crippen molar-refractivity contribution in [3.63, 3.8) is 0 Å². The van der Waals surface area contributed by atoms with Crippen LogP contribution < -0.4 is 0 Å². The first-order chi connectivity index (χ1) is 8.66. The Morgan fingerprint density at radius 2 is 1.89 bits per heavy atom. The van der Waals surface area contributed by atoms with Crippen LogP contribution in [0.2, 0.25) is 5.02 Å². The van der Waals surface area contributed by atoms with Gasteiger partial charge in [-0.25, -0.2) is 4.79 Å². The van der Waals surface area contributed by atoms with Gasteiger partial charge >= 0.3 is 5.97 Å². The van der Waals surface area contributed by atoms with Crippen molar-refractivity contribution < 1.29 is 9.90 Å². The summed E-state index contributed by atoms with van der Waals surface area (Å²) in [5.74, 6) is -0.965. The SMILES string of the molecule is O=C(O)c1ccncc1/C=C/c1ccc(Cl)cc1. The molecule has 1 N–H and O–H groups in total. The molecule has 0 saturated carbocycles. The van der Waals surface area contributed by atoms with E-state index in [-0.39, 0.29) is 5.56 Å². The number of carbonyl (C=O) groups is 1. The van der Waals surface area contributed by atoms with Crippen molar-refractivity contribution in [2.75, 3.05) is 0 Å². The summed E-state index contributed by atoms with van der Waals surface area (Å²) >= 11 is 5.78. The number of rotatable bonds is 3. The van der Waals surface area contributed by atoms with Gasteiger partial charge in [0.15, 0.2) is 0 Å². The Hall–Kier alpha value is -2.13. The third-order valence-electron chi connectivity index (χ3n) is 2.41. The van der Waals surface area contributed by atoms with Crippen LogP contribution in [0.25, 0.3) is 12.2 Å². The lowest BCUT2D eigenvalue weighted by atomic mass is 10.1. The summed E-state index contributed by atoms with van der Waals surface area (Å²) in [5, 5.41) is 9.69. The topological polar surface area (TPSA) is 50.2 Å². The first-order valence-electron chi connectivity index (χ1n) is 5.28. The summed E-state index contributed by atoms with van der Waals surface area (Å²) in [6.07, 6.45) is 6.53. The summed E-state index contributed by atoms with van der Waals surface area (Å²) in [5.41, 5.74) is 1.75. The molecule has 2 rings (SSSR count). The minimum absolute atomic E-state index is 0.232. The van der Waals surface area contributed by atoms with E-state index in [1.54, 1.807) is 18.2 Å². The fraction of sp³-hybridized carbons (Fsp3) is 0. The van der Waals surface area contributed by atoms with E-state index in [0.717, 1.165) is 5.56 Å². The molecule has 90 valence electrons. The lowest BCUT2D eigenvalue weighted by Crippen LogP contribution is -1.99. The van der Waals surface area contributed by atoms with Gasteiger partial charge in [0.2, 0.25) is 0 Å². The van der Waals surface area contributed by atoms with Gasteiger partial charge in [-0.2, -0.15) is 0 Å². The summed E-state index contributed by atoms with van der Waals surface area (Å²) in [6.45, 7) is 0. The third-order valence-corrected chi connectivity index (χ3v) is 2.66. The molecule has 3 nitrogen and oxygen atoms in total. The number of hydrogen-bond acceptors (Lipinski definition) is 2. The number of halogens is 1. The van der Waals surface area contributed by atoms with E-state index in [4.69, 9.17) is 16.7 Å². The Bertz CT molecular complexity index is 591. The molecule has 0 fully saturated rings. The Morgan fingerprint density at radius 1 is 1.17 bits per heavy atom. The maximum Gasteiger partial charge on any atom is 0.336 e. The Kier molecular flexibility index (Phi) is 3.75. The number of carboxylic acids is 1. The van der Waals surface area contributed by atoms with Crippen LogP contribution in [0.4, 0.5) is 0 Å². The Labute approximate surface area is 109 Å². The van der Waals surface area contributed by atoms with Gasteiger partial charge < -0.3 is 5.11 Å². The predicted octanol–water partition coefficient (Wildman–Crippen LogP) is 3.60. The molecule has 0 aliphatic carbocycles. The quantitative estimate of drug-likeness (QED) is 0.916. The second kappa shape index (κ2) is 5.47. The number of aromatic nitrogens is 1. The summed E-state index contributed by atoms with van der Waals surface area (Å²) in [4.78, 5) is 14.9. The highest BCUT2D eigenvalue weighted by Crippen LogP contribution is 2.14. The fourth-order valence-corrected chi connectivity index (χ4v) is 1.62. The molecule has 0 radical (unpaired) electrons. The zero-order valence-corrected chi connectivity index (χ0v) is 10.1. The number of hydrogen-bond donors (Lipinski definition) is 1. The first-order valence-corrected chi connectivity index (χ1v) is 5.65. The van der Waals surface area contributed by atoms with Gasteiger partial charge in [-0.05, 0) is 23.8 Å². The largest absolute Gasteiger partial charge is 0.478 e. The van der Waals surface area contributed by atoms with Crippen molar-refractivity contribution in [3.8, 4) is 0 Å². The van der Waals surface area contributed by atoms with Crippen molar-refractivity contribution in [2.24, 2.45) is 0 Å². The minimum atomic E-state index is -0.965. The molecular formula is C14H10ClNO2. The molecule has 0 unspecified atom stereocenters. The number of aromatic carboxylic acids is 1. The highest BCUT2D eigenvalue weighted by Gasteiger charge is 2.06. The van der Waals surface area contributed by atoms with Gasteiger partial charge in [0.05, 0.1) is 5.56 Å². The molecule has 2 aromatic rings. The maximum absolute atomic E-state index is 11.0. The smallest absolute Gasteiger partial charge is 0.336 e. The van der Waals surface area contributed by atoms with Crippen LogP contribution in [0.1, 0.15) is 21.5 Å². The molecule has 1 aromatic carbocycles. The van der Waals surface area contributed by atoms with Crippen molar-refractivity contribution in [2.45, 2.75) is 0 Å². The van der Waals surface area contributed by atoms with Crippen LogP contribution in [-0.4, -0.2) is 16.1 Å². The molecule has 0 spiro atoms. The average Bonchev–Trinajstić information content (AvgIpc) is 2.38. The van der Waals surface area contributed by atoms with E-state index in [9.17, 15) is 4.79 Å². The molecule has 0 bridgehead atoms. The average molecular weight is 260 g/mol. The highest BCUT2D eigenvalue weighted by molar-refractivity contribution is 6.30. The second-order valence-electron chi connectivity index (χ2n) is 3.65. The molecule has 18 heavy (non-hydrogen) atoms. The summed E-state index contributed by atoms with van der Waals surface area (Å²) in [7, 11) is 0. The Balaban J connectivity index is 2.29. The molecule has 0 atom stereocenters. The molecule has 0 aliphatic rings. The van der Waals surface area contributed by atoms with E-state index in [0.29, 0.717) is 10.6 Å². The van der Waals surface area contributed by atoms with Gasteiger partial charge in [-0.3, -0.25) is 4.98 Å². The molecular weight excluding hydrogens is 250 g/mol. The van der Waals surface area contributed by atoms with E-state index in [2.05, 4.69) is 4.98 Å². The molecule has 4 heteroatoms. The van der Waals surface area contributed by atoms with E-state index in [1.165, 1.54) is 18.5 Å². The van der Waals surface area contributed by atoms with Crippen molar-refractivity contribution in [1.82, 2.24) is 4.98 Å². The highest BCUT2D eigenvalue weighted by atomic mass is 35.5. The van der Waals surface area contributed by atoms with Crippen molar-refractivity contribution >= 4 is 29.7 Å². The summed E-state index contributed by atoms with van der Waals surface area (Å²) in [6, 6.07) is 8.75. The molecule has 1 aromatic heterocycles. The van der Waals surface area contributed by atoms with Crippen LogP contribution in [0.3, 0.4) is 0 Å². The van der Waals surface area contributed by atoms with E-state index < -0.39 is 5.97 Å². The van der Waals surface area contributed by atoms with E-state index >= 15 is 0 Å². The van der Waals surface area contributed by atoms with Gasteiger partial charge in [-0.1, -0.05) is 35.9 Å². The minimum Gasteiger partial charge on any atom is -0.478 e. The predicted molar refractivity (Wildman–Crippen MR) is 71.6 cm³/mol. The maximum atomic E-state index is 11.0. The number of benzene rings is 1. The zero-order chi connectivity index (χ0) is 13.0. The van der Waals surface area contributed by atoms with Crippen LogP contribution >= 0.6 is 11.6 Å². The van der Waals surface area contributed by atoms with Gasteiger partial charge in [0.25, 0.3) is 0 Å². The lowest BCUT2D eigenvalue weighted by molar-refractivity contribution is 0.0696. The van der Waals surface area contributed by atoms with Gasteiger partial charge in [0.1, 0.15) is 0 Å². The van der Waals surface area contributed by atoms with E-state index in [1.807, 2.05) is 18.2 Å². The van der Waals surface area contributed by atoms with Crippen molar-refractivity contribution in [3.05, 3.63) is 64.4 Å². The fourth-order valence-electron chi connectivity index (χ4n) is 1.49. The molecule has 0 amide bonds. The second-order valence-corrected chi connectivity index (χ2v) is 4.09. The number of carboxylic acid groups (broad SMARTS) is 1. The lowest BCUT2D eigenvalue weighted by Gasteiger charge is -1.99. The van der Waals surface area contributed by atoms with Crippen LogP contribution in [0.15, 0.2) is 42.7 Å². The van der Waals surface area contributed by atoms with Crippen LogP contribution in [0.5, 0.6) is 0 Å². The van der Waals surface area contributed by atoms with Gasteiger partial charge in [0, 0.05) is 23.0 Å². The molecule has 0 aliphatic heterocycles. The van der Waals surface area contributed by atoms with Crippen LogP contribution in [0, 0.1) is 0 Å². The van der Waals surface area contributed by atoms with Crippen LogP contribution in [-0.2, 0) is 0 Å². The number of pyridine rings is 1. The normalized spacial score (nSPS) is 10.7. The van der Waals surface area contributed by atoms with Gasteiger partial charge in [-0.15, -0.1) is 0 Å². The summed E-state index contributed by atoms with van der Waals surface area (Å²) < 4.78 is 0. The third kappa shape index (κ3) is 2.96. The zero-order valence-electron chi connectivity index (χ0n) is 9.38. The molecule has 0 saturated heterocycles.